The third-order valence-electron chi connectivity index (χ3n) is 5.40. The lowest BCUT2D eigenvalue weighted by Crippen LogP contribution is -2.35. The molecule has 4 aromatic rings. The molecule has 140 valence electrons. The van der Waals surface area contributed by atoms with E-state index >= 15 is 0 Å². The van der Waals surface area contributed by atoms with Gasteiger partial charge in [-0.15, -0.1) is 0 Å². The van der Waals surface area contributed by atoms with Gasteiger partial charge >= 0.3 is 0 Å². The van der Waals surface area contributed by atoms with Gasteiger partial charge in [0.25, 0.3) is 11.5 Å². The Bertz CT molecular complexity index is 1230. The summed E-state index contributed by atoms with van der Waals surface area (Å²) in [4.78, 5) is 34.8. The molecule has 0 bridgehead atoms. The van der Waals surface area contributed by atoms with Crippen LogP contribution in [0.15, 0.2) is 59.5 Å². The van der Waals surface area contributed by atoms with E-state index in [1.165, 1.54) is 6.42 Å². The zero-order valence-corrected chi connectivity index (χ0v) is 15.4. The summed E-state index contributed by atoms with van der Waals surface area (Å²) in [6, 6.07) is 15.2. The molecule has 0 radical (unpaired) electrons. The van der Waals surface area contributed by atoms with Crippen molar-refractivity contribution in [2.75, 3.05) is 13.1 Å². The van der Waals surface area contributed by atoms with Crippen molar-refractivity contribution in [2.45, 2.75) is 19.3 Å². The van der Waals surface area contributed by atoms with E-state index in [4.69, 9.17) is 0 Å². The first-order valence-electron chi connectivity index (χ1n) is 9.60. The Morgan fingerprint density at radius 3 is 2.54 bits per heavy atom. The molecule has 28 heavy (non-hydrogen) atoms. The molecule has 1 aliphatic rings. The molecule has 0 unspecified atom stereocenters. The highest BCUT2D eigenvalue weighted by atomic mass is 16.2. The van der Waals surface area contributed by atoms with Crippen LogP contribution in [0.5, 0.6) is 0 Å². The van der Waals surface area contributed by atoms with Gasteiger partial charge in [-0.25, -0.2) is 4.98 Å². The Morgan fingerprint density at radius 1 is 0.964 bits per heavy atom. The lowest BCUT2D eigenvalue weighted by atomic mass is 10.1. The lowest BCUT2D eigenvalue weighted by molar-refractivity contribution is 0.0724. The fraction of sp³-hybridized carbons (Fsp3) is 0.227. The topological polar surface area (TPSA) is 70.5 Å². The fourth-order valence-corrected chi connectivity index (χ4v) is 3.97. The second-order valence-corrected chi connectivity index (χ2v) is 7.21. The van der Waals surface area contributed by atoms with Gasteiger partial charge in [0.1, 0.15) is 11.3 Å². The standard InChI is InChI=1S/C22H20N4O2/c27-21-19-14-23-20(15-7-3-1-4-8-15)26(19)18-13-16(9-10-17(18)24-21)22(28)25-11-5-2-6-12-25/h1,3-4,7-10,13-14H,2,5-6,11-12H2,(H,24,27). The van der Waals surface area contributed by atoms with Gasteiger partial charge in [-0.3, -0.25) is 14.0 Å². The first kappa shape index (κ1) is 16.7. The normalized spacial score (nSPS) is 14.6. The summed E-state index contributed by atoms with van der Waals surface area (Å²) in [5.41, 5.74) is 3.28. The number of piperidine rings is 1. The molecule has 1 fully saturated rings. The maximum atomic E-state index is 13.0. The number of rotatable bonds is 2. The molecule has 0 saturated carbocycles. The molecule has 0 atom stereocenters. The van der Waals surface area contributed by atoms with Crippen LogP contribution in [0.2, 0.25) is 0 Å². The Hall–Kier alpha value is -3.41. The molecular weight excluding hydrogens is 352 g/mol. The number of aromatic nitrogens is 3. The molecule has 1 aliphatic heterocycles. The summed E-state index contributed by atoms with van der Waals surface area (Å²) in [7, 11) is 0. The zero-order chi connectivity index (χ0) is 19.1. The highest BCUT2D eigenvalue weighted by Crippen LogP contribution is 2.24. The number of H-pyrrole nitrogens is 1. The third-order valence-corrected chi connectivity index (χ3v) is 5.40. The van der Waals surface area contributed by atoms with E-state index in [0.29, 0.717) is 22.4 Å². The molecule has 0 aliphatic carbocycles. The molecule has 2 aromatic heterocycles. The molecule has 1 saturated heterocycles. The molecule has 1 amide bonds. The molecule has 5 rings (SSSR count). The third kappa shape index (κ3) is 2.69. The number of nitrogens with zero attached hydrogens (tertiary/aromatic N) is 3. The van der Waals surface area contributed by atoms with Crippen LogP contribution in [-0.4, -0.2) is 38.3 Å². The summed E-state index contributed by atoms with van der Waals surface area (Å²) < 4.78 is 1.84. The van der Waals surface area contributed by atoms with E-state index in [9.17, 15) is 9.59 Å². The van der Waals surface area contributed by atoms with E-state index < -0.39 is 0 Å². The van der Waals surface area contributed by atoms with Crippen LogP contribution in [0.1, 0.15) is 29.6 Å². The van der Waals surface area contributed by atoms with E-state index in [-0.39, 0.29) is 11.5 Å². The smallest absolute Gasteiger partial charge is 0.274 e. The minimum atomic E-state index is -0.197. The van der Waals surface area contributed by atoms with Crippen LogP contribution in [0.4, 0.5) is 0 Å². The average molecular weight is 372 g/mol. The van der Waals surface area contributed by atoms with E-state index in [0.717, 1.165) is 37.0 Å². The van der Waals surface area contributed by atoms with Gasteiger partial charge in [0.05, 0.1) is 17.2 Å². The number of likely N-dealkylation sites (tertiary alicyclic amines) is 1. The van der Waals surface area contributed by atoms with Crippen molar-refractivity contribution in [2.24, 2.45) is 0 Å². The van der Waals surface area contributed by atoms with E-state index in [1.807, 2.05) is 51.8 Å². The first-order valence-corrected chi connectivity index (χ1v) is 9.60. The van der Waals surface area contributed by atoms with Crippen molar-refractivity contribution in [1.82, 2.24) is 19.3 Å². The zero-order valence-electron chi connectivity index (χ0n) is 15.4. The van der Waals surface area contributed by atoms with Gasteiger partial charge in [-0.1, -0.05) is 30.3 Å². The second-order valence-electron chi connectivity index (χ2n) is 7.21. The number of carbonyl (C=O) groups is 1. The van der Waals surface area contributed by atoms with Crippen molar-refractivity contribution < 1.29 is 4.79 Å². The summed E-state index contributed by atoms with van der Waals surface area (Å²) in [5.74, 6) is 0.733. The van der Waals surface area contributed by atoms with Gasteiger partial charge < -0.3 is 9.88 Å². The van der Waals surface area contributed by atoms with Crippen molar-refractivity contribution in [3.8, 4) is 11.4 Å². The second kappa shape index (κ2) is 6.64. The van der Waals surface area contributed by atoms with E-state index in [2.05, 4.69) is 9.97 Å². The van der Waals surface area contributed by atoms with Crippen molar-refractivity contribution in [3.63, 3.8) is 0 Å². The monoisotopic (exact) mass is 372 g/mol. The number of aromatic amines is 1. The first-order chi connectivity index (χ1) is 13.7. The van der Waals surface area contributed by atoms with E-state index in [1.54, 1.807) is 12.3 Å². The predicted molar refractivity (Wildman–Crippen MR) is 109 cm³/mol. The summed E-state index contributed by atoms with van der Waals surface area (Å²) in [5, 5.41) is 0. The highest BCUT2D eigenvalue weighted by molar-refractivity contribution is 5.98. The van der Waals surface area contributed by atoms with Crippen molar-refractivity contribution in [3.05, 3.63) is 70.6 Å². The van der Waals surface area contributed by atoms with Gasteiger partial charge in [-0.05, 0) is 37.5 Å². The maximum absolute atomic E-state index is 13.0. The van der Waals surface area contributed by atoms with Crippen LogP contribution in [0.25, 0.3) is 27.9 Å². The quantitative estimate of drug-likeness (QED) is 0.586. The number of imidazole rings is 1. The van der Waals surface area contributed by atoms with Crippen LogP contribution in [-0.2, 0) is 0 Å². The number of hydrogen-bond donors (Lipinski definition) is 1. The Balaban J connectivity index is 1.72. The van der Waals surface area contributed by atoms with Gasteiger partial charge in [0, 0.05) is 24.2 Å². The molecule has 1 N–H and O–H groups in total. The molecule has 3 heterocycles. The van der Waals surface area contributed by atoms with Gasteiger partial charge in [-0.2, -0.15) is 0 Å². The summed E-state index contributed by atoms with van der Waals surface area (Å²) in [6.45, 7) is 1.61. The fourth-order valence-electron chi connectivity index (χ4n) is 3.97. The van der Waals surface area contributed by atoms with Crippen LogP contribution in [0.3, 0.4) is 0 Å². The number of hydrogen-bond acceptors (Lipinski definition) is 3. The average Bonchev–Trinajstić information content (AvgIpc) is 3.21. The number of amides is 1. The Kier molecular flexibility index (Phi) is 3.97. The minimum absolute atomic E-state index is 0.0438. The number of carbonyl (C=O) groups excluding carboxylic acids is 1. The SMILES string of the molecule is O=C(c1ccc2[nH]c(=O)c3cnc(-c4ccccc4)n3c2c1)N1CCCCC1. The lowest BCUT2D eigenvalue weighted by Gasteiger charge is -2.26. The molecule has 6 nitrogen and oxygen atoms in total. The van der Waals surface area contributed by atoms with Crippen LogP contribution < -0.4 is 5.56 Å². The molecule has 2 aromatic carbocycles. The van der Waals surface area contributed by atoms with Crippen LogP contribution in [0, 0.1) is 0 Å². The van der Waals surface area contributed by atoms with Gasteiger partial charge in [0.2, 0.25) is 0 Å². The largest absolute Gasteiger partial charge is 0.339 e. The highest BCUT2D eigenvalue weighted by Gasteiger charge is 2.20. The van der Waals surface area contributed by atoms with Gasteiger partial charge in [0.15, 0.2) is 0 Å². The predicted octanol–water partition coefficient (Wildman–Crippen LogP) is 3.47. The van der Waals surface area contributed by atoms with Crippen molar-refractivity contribution >= 4 is 22.5 Å². The Labute approximate surface area is 161 Å². The number of fused-ring (bicyclic) bond motifs is 3. The maximum Gasteiger partial charge on any atom is 0.274 e. The molecular formula is C22H20N4O2. The van der Waals surface area contributed by atoms with Crippen LogP contribution >= 0.6 is 0 Å². The summed E-state index contributed by atoms with van der Waals surface area (Å²) in [6.07, 6.45) is 4.87. The summed E-state index contributed by atoms with van der Waals surface area (Å²) >= 11 is 0. The molecule has 6 heteroatoms. The van der Waals surface area contributed by atoms with Crippen molar-refractivity contribution in [1.29, 1.82) is 0 Å². The number of nitrogens with one attached hydrogen (secondary N) is 1. The molecule has 0 spiro atoms. The number of benzene rings is 2. The Morgan fingerprint density at radius 2 is 1.75 bits per heavy atom. The minimum Gasteiger partial charge on any atom is -0.339 e.